The molecule has 19 heavy (non-hydrogen) atoms. The fraction of sp³-hybridized carbons (Fsp3) is 0.429. The largest absolute Gasteiger partial charge is 0.309 e. The molecule has 0 saturated carbocycles. The Balaban J connectivity index is 2.12. The van der Waals surface area contributed by atoms with E-state index in [4.69, 9.17) is 0 Å². The topological polar surface area (TPSA) is 37.8 Å². The van der Waals surface area contributed by atoms with Crippen LogP contribution in [0.4, 0.5) is 0 Å². The average Bonchev–Trinajstić information content (AvgIpc) is 2.90. The van der Waals surface area contributed by atoms with Crippen LogP contribution in [0.1, 0.15) is 31.0 Å². The van der Waals surface area contributed by atoms with Gasteiger partial charge in [0, 0.05) is 11.3 Å². The van der Waals surface area contributed by atoms with Gasteiger partial charge in [-0.3, -0.25) is 0 Å². The van der Waals surface area contributed by atoms with Crippen molar-refractivity contribution in [2.24, 2.45) is 0 Å². The molecule has 102 valence electrons. The molecule has 0 radical (unpaired) electrons. The Kier molecular flexibility index (Phi) is 5.36. The summed E-state index contributed by atoms with van der Waals surface area (Å²) in [6.45, 7) is 7.45. The molecule has 0 aliphatic rings. The minimum absolute atomic E-state index is 0.333. The second kappa shape index (κ2) is 7.03. The highest BCUT2D eigenvalue weighted by molar-refractivity contribution is 8.01. The lowest BCUT2D eigenvalue weighted by atomic mass is 10.0. The van der Waals surface area contributed by atoms with Gasteiger partial charge in [-0.15, -0.1) is 0 Å². The molecule has 1 heterocycles. The van der Waals surface area contributed by atoms with Crippen LogP contribution in [0.2, 0.25) is 0 Å². The number of aryl methyl sites for hydroxylation is 1. The van der Waals surface area contributed by atoms with Crippen LogP contribution in [0.5, 0.6) is 0 Å². The zero-order chi connectivity index (χ0) is 13.7. The van der Waals surface area contributed by atoms with Crippen LogP contribution in [0.3, 0.4) is 0 Å². The van der Waals surface area contributed by atoms with Crippen molar-refractivity contribution in [3.05, 3.63) is 41.7 Å². The van der Waals surface area contributed by atoms with Gasteiger partial charge < -0.3 is 5.32 Å². The molecule has 2 rings (SSSR count). The number of nitrogens with one attached hydrogen (secondary N) is 1. The van der Waals surface area contributed by atoms with E-state index in [1.54, 1.807) is 18.1 Å². The van der Waals surface area contributed by atoms with Crippen LogP contribution < -0.4 is 5.32 Å². The third kappa shape index (κ3) is 4.03. The van der Waals surface area contributed by atoms with Crippen LogP contribution in [0, 0.1) is 6.92 Å². The van der Waals surface area contributed by atoms with E-state index in [0.717, 1.165) is 10.9 Å². The van der Waals surface area contributed by atoms with Crippen molar-refractivity contribution in [1.29, 1.82) is 0 Å². The first-order valence-electron chi connectivity index (χ1n) is 6.44. The van der Waals surface area contributed by atoms with Gasteiger partial charge in [-0.25, -0.2) is 4.98 Å². The minimum Gasteiger partial charge on any atom is -0.309 e. The first kappa shape index (κ1) is 14.5. The minimum atomic E-state index is 0.333. The lowest BCUT2D eigenvalue weighted by Gasteiger charge is -2.24. The molecule has 0 bridgehead atoms. The highest BCUT2D eigenvalue weighted by Gasteiger charge is 2.20. The van der Waals surface area contributed by atoms with Gasteiger partial charge in [0.1, 0.15) is 6.33 Å². The van der Waals surface area contributed by atoms with Crippen molar-refractivity contribution >= 4 is 23.3 Å². The summed E-state index contributed by atoms with van der Waals surface area (Å²) in [7, 11) is 0. The Labute approximate surface area is 123 Å². The summed E-state index contributed by atoms with van der Waals surface area (Å²) in [6.07, 6.45) is 1.62. The second-order valence-corrected chi connectivity index (χ2v) is 6.88. The SMILES string of the molecule is CCNC(c1ccc(C)cc1)C(C)Sc1ncns1. The van der Waals surface area contributed by atoms with Gasteiger partial charge in [-0.05, 0) is 30.6 Å². The molecule has 0 amide bonds. The molecular formula is C14H19N3S2. The second-order valence-electron chi connectivity index (χ2n) is 4.48. The van der Waals surface area contributed by atoms with Crippen LogP contribution in [-0.2, 0) is 0 Å². The van der Waals surface area contributed by atoms with Gasteiger partial charge >= 0.3 is 0 Å². The van der Waals surface area contributed by atoms with Crippen LogP contribution in [-0.4, -0.2) is 21.2 Å². The standard InChI is InChI=1S/C14H19N3S2/c1-4-15-13(12-7-5-10(2)6-8-12)11(3)18-14-16-9-17-19-14/h5-9,11,13,15H,4H2,1-3H3. The Morgan fingerprint density at radius 3 is 2.63 bits per heavy atom. The molecule has 2 atom stereocenters. The lowest BCUT2D eigenvalue weighted by Crippen LogP contribution is -2.28. The van der Waals surface area contributed by atoms with Crippen molar-refractivity contribution in [2.45, 2.75) is 36.4 Å². The van der Waals surface area contributed by atoms with E-state index in [1.807, 2.05) is 0 Å². The van der Waals surface area contributed by atoms with E-state index >= 15 is 0 Å². The Bertz CT molecular complexity index is 482. The van der Waals surface area contributed by atoms with Gasteiger partial charge in [0.05, 0.1) is 0 Å². The van der Waals surface area contributed by atoms with Gasteiger partial charge in [-0.2, -0.15) is 4.37 Å². The fourth-order valence-electron chi connectivity index (χ4n) is 1.99. The molecule has 0 aliphatic carbocycles. The van der Waals surface area contributed by atoms with E-state index < -0.39 is 0 Å². The van der Waals surface area contributed by atoms with Crippen LogP contribution in [0.25, 0.3) is 0 Å². The van der Waals surface area contributed by atoms with Crippen molar-refractivity contribution in [1.82, 2.24) is 14.7 Å². The smallest absolute Gasteiger partial charge is 0.170 e. The summed E-state index contributed by atoms with van der Waals surface area (Å²) in [4.78, 5) is 4.25. The Morgan fingerprint density at radius 2 is 2.05 bits per heavy atom. The summed E-state index contributed by atoms with van der Waals surface area (Å²) in [5.74, 6) is 0. The summed E-state index contributed by atoms with van der Waals surface area (Å²) in [6, 6.07) is 9.09. The molecule has 0 fully saturated rings. The molecule has 3 nitrogen and oxygen atoms in total. The summed E-state index contributed by atoms with van der Waals surface area (Å²) < 4.78 is 5.08. The van der Waals surface area contributed by atoms with E-state index in [2.05, 4.69) is 59.7 Å². The third-order valence-corrected chi connectivity index (χ3v) is 4.88. The number of benzene rings is 1. The summed E-state index contributed by atoms with van der Waals surface area (Å²) in [5.41, 5.74) is 2.63. The number of hydrogen-bond donors (Lipinski definition) is 1. The van der Waals surface area contributed by atoms with Crippen molar-refractivity contribution in [3.8, 4) is 0 Å². The number of nitrogens with zero attached hydrogens (tertiary/aromatic N) is 2. The number of hydrogen-bond acceptors (Lipinski definition) is 5. The van der Waals surface area contributed by atoms with Gasteiger partial charge in [0.15, 0.2) is 4.34 Å². The normalized spacial score (nSPS) is 14.3. The molecule has 2 aromatic rings. The van der Waals surface area contributed by atoms with Crippen LogP contribution >= 0.6 is 23.3 Å². The molecule has 1 aromatic carbocycles. The lowest BCUT2D eigenvalue weighted by molar-refractivity contribution is 0.548. The van der Waals surface area contributed by atoms with Crippen LogP contribution in [0.15, 0.2) is 34.9 Å². The highest BCUT2D eigenvalue weighted by Crippen LogP contribution is 2.32. The molecule has 0 aliphatic heterocycles. The van der Waals surface area contributed by atoms with Crippen molar-refractivity contribution in [2.75, 3.05) is 6.54 Å². The predicted molar refractivity (Wildman–Crippen MR) is 82.8 cm³/mol. The summed E-state index contributed by atoms with van der Waals surface area (Å²) >= 11 is 3.24. The molecule has 0 saturated heterocycles. The Hall–Kier alpha value is -0.910. The number of rotatable bonds is 6. The molecule has 0 spiro atoms. The molecule has 5 heteroatoms. The first-order chi connectivity index (χ1) is 9.20. The van der Waals surface area contributed by atoms with E-state index in [9.17, 15) is 0 Å². The number of thioether (sulfide) groups is 1. The monoisotopic (exact) mass is 293 g/mol. The van der Waals surface area contributed by atoms with Crippen molar-refractivity contribution in [3.63, 3.8) is 0 Å². The fourth-order valence-corrected chi connectivity index (χ4v) is 3.84. The molecule has 2 unspecified atom stereocenters. The third-order valence-electron chi connectivity index (χ3n) is 2.96. The van der Waals surface area contributed by atoms with E-state index in [1.165, 1.54) is 22.7 Å². The molecule has 1 N–H and O–H groups in total. The van der Waals surface area contributed by atoms with E-state index in [-0.39, 0.29) is 0 Å². The maximum absolute atomic E-state index is 4.25. The maximum Gasteiger partial charge on any atom is 0.170 e. The predicted octanol–water partition coefficient (Wildman–Crippen LogP) is 3.68. The van der Waals surface area contributed by atoms with Gasteiger partial charge in [0.2, 0.25) is 0 Å². The first-order valence-corrected chi connectivity index (χ1v) is 8.09. The van der Waals surface area contributed by atoms with Gasteiger partial charge in [0.25, 0.3) is 0 Å². The molecule has 1 aromatic heterocycles. The average molecular weight is 293 g/mol. The van der Waals surface area contributed by atoms with Gasteiger partial charge in [-0.1, -0.05) is 55.4 Å². The Morgan fingerprint density at radius 1 is 1.32 bits per heavy atom. The zero-order valence-corrected chi connectivity index (χ0v) is 13.1. The summed E-state index contributed by atoms with van der Waals surface area (Å²) in [5, 5.41) is 3.98. The van der Waals surface area contributed by atoms with E-state index in [0.29, 0.717) is 11.3 Å². The number of aromatic nitrogens is 2. The van der Waals surface area contributed by atoms with Crippen molar-refractivity contribution < 1.29 is 0 Å². The quantitative estimate of drug-likeness (QED) is 0.825. The highest BCUT2D eigenvalue weighted by atomic mass is 32.2. The maximum atomic E-state index is 4.25. The molecular weight excluding hydrogens is 274 g/mol. The zero-order valence-electron chi connectivity index (χ0n) is 11.5.